The second-order valence-electron chi connectivity index (χ2n) is 7.29. The Morgan fingerprint density at radius 1 is 1.14 bits per heavy atom. The van der Waals surface area contributed by atoms with Crippen LogP contribution in [0.15, 0.2) is 42.7 Å². The van der Waals surface area contributed by atoms with Crippen LogP contribution < -0.4 is 20.7 Å². The number of aromatic nitrogens is 4. The minimum Gasteiger partial charge on any atom is -0.496 e. The summed E-state index contributed by atoms with van der Waals surface area (Å²) in [6.07, 6.45) is 1.32. The summed E-state index contributed by atoms with van der Waals surface area (Å²) in [5.74, 6) is -0.925. The number of imide groups is 1. The molecular weight excluding hydrogens is 480 g/mol. The summed E-state index contributed by atoms with van der Waals surface area (Å²) < 4.78 is 6.68. The number of methoxy groups -OCH3 is 1. The lowest BCUT2D eigenvalue weighted by Gasteiger charge is -2.13. The van der Waals surface area contributed by atoms with Gasteiger partial charge in [-0.05, 0) is 40.8 Å². The Morgan fingerprint density at radius 2 is 1.86 bits per heavy atom. The molecule has 3 N–H and O–H groups in total. The van der Waals surface area contributed by atoms with Crippen molar-refractivity contribution in [1.82, 2.24) is 30.4 Å². The number of hydrogen-bond acceptors (Lipinski definition) is 8. The van der Waals surface area contributed by atoms with Crippen LogP contribution in [0, 0.1) is 0 Å². The highest BCUT2D eigenvalue weighted by molar-refractivity contribution is 6.33. The summed E-state index contributed by atoms with van der Waals surface area (Å²) in [6.45, 7) is -0.0730. The molecule has 3 aromatic rings. The van der Waals surface area contributed by atoms with Gasteiger partial charge in [0.05, 0.1) is 29.9 Å². The number of carbonyl (C=O) groups is 4. The molecule has 0 spiro atoms. The summed E-state index contributed by atoms with van der Waals surface area (Å²) in [7, 11) is 1.42. The maximum Gasteiger partial charge on any atom is 0.324 e. The van der Waals surface area contributed by atoms with E-state index in [9.17, 15) is 19.2 Å². The number of hydrogen-bond donors (Lipinski definition) is 3. The molecule has 2 aromatic carbocycles. The normalized spacial score (nSPS) is 12.9. The number of carbonyl (C=O) groups excluding carboxylic acids is 4. The molecule has 0 radical (unpaired) electrons. The van der Waals surface area contributed by atoms with Gasteiger partial charge in [0.25, 0.3) is 5.91 Å². The Balaban J connectivity index is 1.37. The summed E-state index contributed by atoms with van der Waals surface area (Å²) in [6, 6.07) is 8.91. The van der Waals surface area contributed by atoms with Crippen molar-refractivity contribution in [2.45, 2.75) is 6.42 Å². The molecule has 0 unspecified atom stereocenters. The number of rotatable bonds is 8. The first kappa shape index (κ1) is 23.6. The van der Waals surface area contributed by atoms with Crippen LogP contribution in [-0.2, 0) is 9.59 Å². The number of urea groups is 1. The van der Waals surface area contributed by atoms with Crippen LogP contribution in [0.3, 0.4) is 0 Å². The fourth-order valence-electron chi connectivity index (χ4n) is 3.29. The van der Waals surface area contributed by atoms with Gasteiger partial charge in [-0.3, -0.25) is 19.3 Å². The van der Waals surface area contributed by atoms with Gasteiger partial charge in [-0.1, -0.05) is 11.6 Å². The zero-order chi connectivity index (χ0) is 24.9. The number of ether oxygens (including phenoxy) is 1. The van der Waals surface area contributed by atoms with E-state index >= 15 is 0 Å². The van der Waals surface area contributed by atoms with Crippen molar-refractivity contribution in [1.29, 1.82) is 0 Å². The van der Waals surface area contributed by atoms with Gasteiger partial charge in [0.1, 0.15) is 12.1 Å². The molecule has 1 fully saturated rings. The average Bonchev–Trinajstić information content (AvgIpc) is 3.49. The third-order valence-corrected chi connectivity index (χ3v) is 5.34. The van der Waals surface area contributed by atoms with E-state index in [0.717, 1.165) is 4.90 Å². The number of nitrogens with one attached hydrogen (secondary N) is 3. The van der Waals surface area contributed by atoms with Gasteiger partial charge in [0.2, 0.25) is 11.8 Å². The molecular formula is C21H19ClN8O5. The Morgan fingerprint density at radius 3 is 2.46 bits per heavy atom. The van der Waals surface area contributed by atoms with E-state index in [1.165, 1.54) is 24.2 Å². The maximum atomic E-state index is 12.8. The molecule has 2 heterocycles. The van der Waals surface area contributed by atoms with Crippen molar-refractivity contribution >= 4 is 46.7 Å². The predicted octanol–water partition coefficient (Wildman–Crippen LogP) is 1.46. The van der Waals surface area contributed by atoms with E-state index in [2.05, 4.69) is 31.5 Å². The zero-order valence-corrected chi connectivity index (χ0v) is 19.1. The molecule has 35 heavy (non-hydrogen) atoms. The monoisotopic (exact) mass is 498 g/mol. The largest absolute Gasteiger partial charge is 0.496 e. The van der Waals surface area contributed by atoms with Gasteiger partial charge in [-0.2, -0.15) is 4.68 Å². The lowest BCUT2D eigenvalue weighted by Crippen LogP contribution is -2.33. The van der Waals surface area contributed by atoms with Crippen molar-refractivity contribution in [2.75, 3.05) is 30.8 Å². The van der Waals surface area contributed by atoms with Gasteiger partial charge in [-0.25, -0.2) is 4.79 Å². The van der Waals surface area contributed by atoms with Gasteiger partial charge in [0, 0.05) is 30.4 Å². The first-order valence-electron chi connectivity index (χ1n) is 10.3. The van der Waals surface area contributed by atoms with Crippen LogP contribution in [0.25, 0.3) is 5.69 Å². The molecule has 5 amide bonds. The number of anilines is 2. The highest BCUT2D eigenvalue weighted by Gasteiger charge is 2.28. The van der Waals surface area contributed by atoms with Crippen LogP contribution in [0.1, 0.15) is 16.8 Å². The fraction of sp³-hybridized carbons (Fsp3) is 0.190. The van der Waals surface area contributed by atoms with Crippen molar-refractivity contribution in [3.8, 4) is 11.4 Å². The molecule has 1 aromatic heterocycles. The van der Waals surface area contributed by atoms with Gasteiger partial charge in [-0.15, -0.1) is 5.10 Å². The van der Waals surface area contributed by atoms with Crippen molar-refractivity contribution < 1.29 is 23.9 Å². The Hall–Kier alpha value is -4.52. The third kappa shape index (κ3) is 5.35. The van der Waals surface area contributed by atoms with Gasteiger partial charge >= 0.3 is 6.03 Å². The number of halogens is 1. The van der Waals surface area contributed by atoms with Gasteiger partial charge < -0.3 is 20.7 Å². The van der Waals surface area contributed by atoms with Crippen molar-refractivity contribution in [3.63, 3.8) is 0 Å². The lowest BCUT2D eigenvalue weighted by molar-refractivity contribution is -0.125. The van der Waals surface area contributed by atoms with Gasteiger partial charge in [0.15, 0.2) is 0 Å². The first-order valence-corrected chi connectivity index (χ1v) is 10.6. The average molecular weight is 499 g/mol. The molecule has 180 valence electrons. The lowest BCUT2D eigenvalue weighted by atomic mass is 10.1. The zero-order valence-electron chi connectivity index (χ0n) is 18.3. The van der Waals surface area contributed by atoms with E-state index in [4.69, 9.17) is 16.3 Å². The van der Waals surface area contributed by atoms with E-state index in [1.807, 2.05) is 0 Å². The van der Waals surface area contributed by atoms with E-state index in [0.29, 0.717) is 17.1 Å². The molecule has 0 saturated carbocycles. The van der Waals surface area contributed by atoms with Crippen LogP contribution in [0.4, 0.5) is 16.2 Å². The fourth-order valence-corrected chi connectivity index (χ4v) is 3.54. The van der Waals surface area contributed by atoms with E-state index in [-0.39, 0.29) is 47.7 Å². The standard InChI is InChI=1S/C21H19ClN8O5/c1-35-17-9-16(30-11-24-27-28-30)15(22)8-14(17)20(33)26-13-4-2-12(3-5-13)25-18(31)6-7-29-19(32)10-23-21(29)34/h2-5,8-9,11H,6-7,10H2,1H3,(H,23,34)(H,25,31)(H,26,33). The topological polar surface area (TPSA) is 160 Å². The summed E-state index contributed by atoms with van der Waals surface area (Å²) in [5.41, 5.74) is 1.60. The first-order chi connectivity index (χ1) is 16.9. The molecule has 4 rings (SSSR count). The smallest absolute Gasteiger partial charge is 0.324 e. The Bertz CT molecular complexity index is 1260. The van der Waals surface area contributed by atoms with Crippen molar-refractivity contribution in [2.24, 2.45) is 0 Å². The second-order valence-corrected chi connectivity index (χ2v) is 7.70. The Labute approximate surface area is 203 Å². The number of nitrogens with zero attached hydrogens (tertiary/aromatic N) is 5. The highest BCUT2D eigenvalue weighted by Crippen LogP contribution is 2.30. The predicted molar refractivity (Wildman–Crippen MR) is 123 cm³/mol. The maximum absolute atomic E-state index is 12.8. The van der Waals surface area contributed by atoms with Crippen molar-refractivity contribution in [3.05, 3.63) is 53.3 Å². The van der Waals surface area contributed by atoms with Crippen LogP contribution in [0.5, 0.6) is 5.75 Å². The molecule has 1 saturated heterocycles. The Kier molecular flexibility index (Phi) is 6.87. The number of tetrazole rings is 1. The third-order valence-electron chi connectivity index (χ3n) is 5.04. The molecule has 0 aliphatic carbocycles. The highest BCUT2D eigenvalue weighted by atomic mass is 35.5. The quantitative estimate of drug-likeness (QED) is 0.393. The van der Waals surface area contributed by atoms with Crippen LogP contribution in [0.2, 0.25) is 5.02 Å². The van der Waals surface area contributed by atoms with E-state index < -0.39 is 11.9 Å². The summed E-state index contributed by atoms with van der Waals surface area (Å²) in [4.78, 5) is 49.1. The molecule has 1 aliphatic rings. The number of benzene rings is 2. The van der Waals surface area contributed by atoms with Crippen LogP contribution >= 0.6 is 11.6 Å². The number of amides is 5. The molecule has 13 nitrogen and oxygen atoms in total. The minimum atomic E-state index is -0.508. The molecule has 1 aliphatic heterocycles. The second kappa shape index (κ2) is 10.2. The SMILES string of the molecule is COc1cc(-n2cnnn2)c(Cl)cc1C(=O)Nc1ccc(NC(=O)CCN2C(=O)CNC2=O)cc1. The summed E-state index contributed by atoms with van der Waals surface area (Å²) >= 11 is 6.31. The molecule has 0 atom stereocenters. The minimum absolute atomic E-state index is 0.0127. The molecule has 14 heteroatoms. The molecule has 0 bridgehead atoms. The van der Waals surface area contributed by atoms with Crippen LogP contribution in [-0.4, -0.2) is 69.1 Å². The summed E-state index contributed by atoms with van der Waals surface area (Å²) in [5, 5.41) is 19.0. The van der Waals surface area contributed by atoms with E-state index in [1.54, 1.807) is 30.3 Å².